The van der Waals surface area contributed by atoms with Crippen LogP contribution in [0.2, 0.25) is 5.02 Å². The molecular formula is C20H16ClFN6O. The summed E-state index contributed by atoms with van der Waals surface area (Å²) in [6.45, 7) is 1.77. The van der Waals surface area contributed by atoms with Crippen LogP contribution in [0.4, 0.5) is 10.1 Å². The summed E-state index contributed by atoms with van der Waals surface area (Å²) < 4.78 is 14.6. The van der Waals surface area contributed by atoms with Crippen molar-refractivity contribution in [3.05, 3.63) is 81.9 Å². The van der Waals surface area contributed by atoms with E-state index in [9.17, 15) is 9.18 Å². The Bertz CT molecular complexity index is 1120. The molecule has 9 heteroatoms. The van der Waals surface area contributed by atoms with Crippen molar-refractivity contribution >= 4 is 29.0 Å². The van der Waals surface area contributed by atoms with E-state index in [-0.39, 0.29) is 11.5 Å². The molecule has 3 aromatic rings. The number of nitrogens with zero attached hydrogens (tertiary/aromatic N) is 3. The number of aromatic nitrogens is 3. The molecule has 1 atom stereocenters. The van der Waals surface area contributed by atoms with E-state index in [1.165, 1.54) is 24.4 Å². The second kappa shape index (κ2) is 7.56. The second-order valence-electron chi connectivity index (χ2n) is 6.61. The lowest BCUT2D eigenvalue weighted by Crippen LogP contribution is -2.36. The van der Waals surface area contributed by atoms with Crippen molar-refractivity contribution < 1.29 is 9.18 Å². The van der Waals surface area contributed by atoms with Crippen molar-refractivity contribution in [2.75, 3.05) is 5.32 Å². The average molecular weight is 411 g/mol. The summed E-state index contributed by atoms with van der Waals surface area (Å²) >= 11 is 5.79. The molecule has 1 aliphatic rings. The van der Waals surface area contributed by atoms with Gasteiger partial charge in [0.1, 0.15) is 23.2 Å². The van der Waals surface area contributed by atoms with Gasteiger partial charge in [-0.2, -0.15) is 0 Å². The van der Waals surface area contributed by atoms with Gasteiger partial charge >= 0.3 is 0 Å². The first-order valence-corrected chi connectivity index (χ1v) is 9.19. The number of amidine groups is 1. The van der Waals surface area contributed by atoms with Crippen molar-refractivity contribution in [1.29, 1.82) is 5.41 Å². The molecule has 2 aromatic heterocycles. The molecule has 0 unspecified atom stereocenters. The van der Waals surface area contributed by atoms with Crippen LogP contribution in [0, 0.1) is 18.2 Å². The number of anilines is 1. The highest BCUT2D eigenvalue weighted by atomic mass is 35.5. The van der Waals surface area contributed by atoms with Crippen LogP contribution in [0.3, 0.4) is 0 Å². The minimum Gasteiger partial charge on any atom is -0.363 e. The van der Waals surface area contributed by atoms with E-state index in [2.05, 4.69) is 25.6 Å². The molecule has 0 saturated heterocycles. The van der Waals surface area contributed by atoms with Crippen LogP contribution in [-0.2, 0) is 6.42 Å². The molecule has 0 bridgehead atoms. The quantitative estimate of drug-likeness (QED) is 0.613. The van der Waals surface area contributed by atoms with Gasteiger partial charge in [0, 0.05) is 30.1 Å². The fourth-order valence-corrected chi connectivity index (χ4v) is 3.27. The molecule has 0 fully saturated rings. The Morgan fingerprint density at radius 2 is 2.10 bits per heavy atom. The van der Waals surface area contributed by atoms with Gasteiger partial charge in [-0.05, 0) is 37.3 Å². The molecule has 146 valence electrons. The van der Waals surface area contributed by atoms with Crippen LogP contribution in [0.25, 0.3) is 0 Å². The zero-order chi connectivity index (χ0) is 20.5. The number of carbonyl (C=O) groups excluding carboxylic acids is 1. The molecule has 3 N–H and O–H groups in total. The number of fused-ring (bicyclic) bond motifs is 1. The van der Waals surface area contributed by atoms with Crippen LogP contribution in [0.1, 0.15) is 39.2 Å². The first-order valence-electron chi connectivity index (χ1n) is 8.81. The summed E-state index contributed by atoms with van der Waals surface area (Å²) in [7, 11) is 0. The van der Waals surface area contributed by atoms with Gasteiger partial charge in [-0.15, -0.1) is 0 Å². The highest BCUT2D eigenvalue weighted by Crippen LogP contribution is 2.28. The summed E-state index contributed by atoms with van der Waals surface area (Å²) in [4.78, 5) is 24.8. The Kier molecular flexibility index (Phi) is 4.94. The fourth-order valence-electron chi connectivity index (χ4n) is 3.16. The highest BCUT2D eigenvalue weighted by Gasteiger charge is 2.27. The summed E-state index contributed by atoms with van der Waals surface area (Å²) in [5, 5.41) is 14.3. The number of nitrogens with one attached hydrogen (secondary N) is 3. The average Bonchev–Trinajstić information content (AvgIpc) is 2.69. The lowest BCUT2D eigenvalue weighted by molar-refractivity contribution is 0.102. The second-order valence-corrected chi connectivity index (χ2v) is 7.04. The number of rotatable bonds is 3. The monoisotopic (exact) mass is 410 g/mol. The zero-order valence-electron chi connectivity index (χ0n) is 15.3. The first kappa shape index (κ1) is 18.9. The molecule has 1 aromatic carbocycles. The van der Waals surface area contributed by atoms with Gasteiger partial charge in [0.05, 0.1) is 22.3 Å². The molecule has 1 amide bonds. The van der Waals surface area contributed by atoms with Crippen LogP contribution < -0.4 is 10.6 Å². The fraction of sp³-hybridized carbons (Fsp3) is 0.150. The van der Waals surface area contributed by atoms with Gasteiger partial charge in [0.15, 0.2) is 0 Å². The van der Waals surface area contributed by atoms with E-state index >= 15 is 0 Å². The SMILES string of the molecule is Cc1ncc2c(n1)C[C@@H](c1cc(NC(=O)c3ccc(Cl)cn3)ccc1F)NC2=N. The lowest BCUT2D eigenvalue weighted by Gasteiger charge is -2.27. The first-order chi connectivity index (χ1) is 13.9. The molecule has 7 nitrogen and oxygen atoms in total. The predicted octanol–water partition coefficient (Wildman–Crippen LogP) is 3.44. The molecule has 29 heavy (non-hydrogen) atoms. The summed E-state index contributed by atoms with van der Waals surface area (Å²) in [6.07, 6.45) is 3.37. The van der Waals surface area contributed by atoms with Crippen LogP contribution in [0.15, 0.2) is 42.7 Å². The Morgan fingerprint density at radius 3 is 2.86 bits per heavy atom. The number of pyridine rings is 1. The van der Waals surface area contributed by atoms with Crippen molar-refractivity contribution in [3.8, 4) is 0 Å². The van der Waals surface area contributed by atoms with Crippen LogP contribution >= 0.6 is 11.6 Å². The topological polar surface area (TPSA) is 104 Å². The van der Waals surface area contributed by atoms with Crippen molar-refractivity contribution in [1.82, 2.24) is 20.3 Å². The summed E-state index contributed by atoms with van der Waals surface area (Å²) in [6, 6.07) is 6.89. The van der Waals surface area contributed by atoms with Crippen molar-refractivity contribution in [3.63, 3.8) is 0 Å². The minimum absolute atomic E-state index is 0.135. The van der Waals surface area contributed by atoms with E-state index < -0.39 is 17.8 Å². The maximum Gasteiger partial charge on any atom is 0.274 e. The van der Waals surface area contributed by atoms with Crippen LogP contribution in [0.5, 0.6) is 0 Å². The third-order valence-corrected chi connectivity index (χ3v) is 4.79. The van der Waals surface area contributed by atoms with Gasteiger partial charge < -0.3 is 10.6 Å². The Hall–Kier alpha value is -3.39. The smallest absolute Gasteiger partial charge is 0.274 e. The summed E-state index contributed by atoms with van der Waals surface area (Å²) in [5.74, 6) is -0.144. The lowest BCUT2D eigenvalue weighted by atomic mass is 9.94. The molecule has 1 aliphatic heterocycles. The third-order valence-electron chi connectivity index (χ3n) is 4.56. The van der Waals surface area contributed by atoms with Crippen molar-refractivity contribution in [2.45, 2.75) is 19.4 Å². The minimum atomic E-state index is -0.491. The van der Waals surface area contributed by atoms with Crippen molar-refractivity contribution in [2.24, 2.45) is 0 Å². The molecule has 3 heterocycles. The predicted molar refractivity (Wildman–Crippen MR) is 107 cm³/mol. The van der Waals surface area contributed by atoms with Crippen LogP contribution in [-0.4, -0.2) is 26.7 Å². The standard InChI is InChI=1S/C20H16ClFN6O/c1-10-24-9-14-18(26-10)7-17(28-19(14)23)13-6-12(3-4-15(13)22)27-20(29)16-5-2-11(21)8-25-16/h2-6,8-9,17H,7H2,1H3,(H2,23,28)(H,27,29)/t17-/m0/s1. The van der Waals surface area contributed by atoms with E-state index in [0.717, 1.165) is 0 Å². The molecule has 0 aliphatic carbocycles. The van der Waals surface area contributed by atoms with E-state index in [0.29, 0.717) is 39.8 Å². The van der Waals surface area contributed by atoms with E-state index in [1.807, 2.05) is 0 Å². The number of hydrogen-bond acceptors (Lipinski definition) is 5. The highest BCUT2D eigenvalue weighted by molar-refractivity contribution is 6.30. The molecule has 0 radical (unpaired) electrons. The number of carbonyl (C=O) groups is 1. The van der Waals surface area contributed by atoms with Gasteiger partial charge in [-0.1, -0.05) is 11.6 Å². The number of hydrogen-bond donors (Lipinski definition) is 3. The number of aryl methyl sites for hydroxylation is 1. The van der Waals surface area contributed by atoms with Gasteiger partial charge in [0.25, 0.3) is 5.91 Å². The number of amides is 1. The van der Waals surface area contributed by atoms with E-state index in [4.69, 9.17) is 17.0 Å². The Balaban J connectivity index is 1.60. The molecule has 4 rings (SSSR count). The maximum atomic E-state index is 14.6. The third kappa shape index (κ3) is 3.93. The molecular weight excluding hydrogens is 395 g/mol. The van der Waals surface area contributed by atoms with E-state index in [1.54, 1.807) is 25.3 Å². The Labute approximate surface area is 170 Å². The molecule has 0 spiro atoms. The molecule has 0 saturated carbocycles. The van der Waals surface area contributed by atoms with Gasteiger partial charge in [-0.25, -0.2) is 19.3 Å². The zero-order valence-corrected chi connectivity index (χ0v) is 16.1. The number of benzene rings is 1. The Morgan fingerprint density at radius 1 is 1.28 bits per heavy atom. The van der Waals surface area contributed by atoms with Gasteiger partial charge in [-0.3, -0.25) is 10.2 Å². The maximum absolute atomic E-state index is 14.6. The normalized spacial score (nSPS) is 15.4. The van der Waals surface area contributed by atoms with Gasteiger partial charge in [0.2, 0.25) is 0 Å². The largest absolute Gasteiger partial charge is 0.363 e. The summed E-state index contributed by atoms with van der Waals surface area (Å²) in [5.41, 5.74) is 2.23. The number of halogens is 2.